The molecule has 0 radical (unpaired) electrons. The summed E-state index contributed by atoms with van der Waals surface area (Å²) in [6, 6.07) is 7.18. The fourth-order valence-electron chi connectivity index (χ4n) is 3.21. The Labute approximate surface area is 158 Å². The molecule has 1 atom stereocenters. The van der Waals surface area contributed by atoms with Crippen molar-refractivity contribution in [1.29, 1.82) is 0 Å². The average Bonchev–Trinajstić information content (AvgIpc) is 2.86. The molecular weight excluding hydrogens is 352 g/mol. The van der Waals surface area contributed by atoms with E-state index >= 15 is 0 Å². The first-order valence-corrected chi connectivity index (χ1v) is 9.15. The van der Waals surface area contributed by atoms with E-state index in [2.05, 4.69) is 14.9 Å². The van der Waals surface area contributed by atoms with Gasteiger partial charge in [0.1, 0.15) is 5.82 Å². The van der Waals surface area contributed by atoms with Crippen LogP contribution in [0, 0.1) is 6.92 Å². The number of ketones is 1. The van der Waals surface area contributed by atoms with Gasteiger partial charge in [0.05, 0.1) is 12.6 Å². The number of carbonyl (C=O) groups is 1. The Morgan fingerprint density at radius 2 is 2.19 bits per heavy atom. The van der Waals surface area contributed by atoms with Crippen molar-refractivity contribution < 1.29 is 9.53 Å². The molecule has 1 fully saturated rings. The number of nitrogens with two attached hydrogens (primary N) is 1. The second kappa shape index (κ2) is 8.01. The first kappa shape index (κ1) is 18.6. The molecule has 2 N–H and O–H groups in total. The molecule has 1 aliphatic heterocycles. The first-order valence-electron chi connectivity index (χ1n) is 8.77. The summed E-state index contributed by atoms with van der Waals surface area (Å²) in [6.07, 6.45) is 1.32. The van der Waals surface area contributed by atoms with Crippen LogP contribution < -0.4 is 10.6 Å². The molecule has 7 heteroatoms. The smallest absolute Gasteiger partial charge is 0.222 e. The van der Waals surface area contributed by atoms with Crippen molar-refractivity contribution in [2.45, 2.75) is 32.7 Å². The van der Waals surface area contributed by atoms with Crippen LogP contribution in [0.4, 0.5) is 11.8 Å². The fourth-order valence-corrected chi connectivity index (χ4v) is 3.45. The average molecular weight is 375 g/mol. The fraction of sp³-hybridized carbons (Fsp3) is 0.421. The number of ether oxygens (including phenoxy) is 1. The van der Waals surface area contributed by atoms with Crippen LogP contribution in [-0.2, 0) is 4.74 Å². The van der Waals surface area contributed by atoms with E-state index in [9.17, 15) is 4.79 Å². The van der Waals surface area contributed by atoms with Gasteiger partial charge >= 0.3 is 0 Å². The highest BCUT2D eigenvalue weighted by atomic mass is 35.5. The molecule has 1 saturated heterocycles. The number of halogens is 1. The lowest BCUT2D eigenvalue weighted by Gasteiger charge is -2.31. The summed E-state index contributed by atoms with van der Waals surface area (Å²) in [5.74, 6) is 1.07. The molecule has 2 aromatic rings. The Bertz CT molecular complexity index is 792. The van der Waals surface area contributed by atoms with Crippen molar-refractivity contribution in [3.63, 3.8) is 0 Å². The van der Waals surface area contributed by atoms with Gasteiger partial charge in [-0.25, -0.2) is 4.98 Å². The van der Waals surface area contributed by atoms with E-state index in [-0.39, 0.29) is 17.8 Å². The summed E-state index contributed by atoms with van der Waals surface area (Å²) in [7, 11) is 0. The van der Waals surface area contributed by atoms with Gasteiger partial charge in [-0.05, 0) is 37.1 Å². The van der Waals surface area contributed by atoms with Crippen molar-refractivity contribution in [3.8, 4) is 0 Å². The largest absolute Gasteiger partial charge is 0.379 e. The maximum Gasteiger partial charge on any atom is 0.222 e. The number of nitrogens with zero attached hydrogens (tertiary/aromatic N) is 3. The molecule has 1 aliphatic rings. The van der Waals surface area contributed by atoms with Gasteiger partial charge in [-0.15, -0.1) is 0 Å². The number of Topliss-reactive ketones (excluding diaryl/α,β-unsaturated/α-hetero) is 1. The second-order valence-electron chi connectivity index (χ2n) is 6.38. The van der Waals surface area contributed by atoms with Crippen LogP contribution in [0.2, 0.25) is 5.02 Å². The maximum absolute atomic E-state index is 12.1. The number of aromatic nitrogens is 2. The highest BCUT2D eigenvalue weighted by molar-refractivity contribution is 6.31. The Morgan fingerprint density at radius 3 is 2.92 bits per heavy atom. The SMILES string of the molecule is CCC(=O)c1ccc(Cl)c([C@@H]2COCCCN2c2cc(C)nc(N)n2)c1. The molecule has 138 valence electrons. The Balaban J connectivity index is 2.06. The minimum Gasteiger partial charge on any atom is -0.379 e. The van der Waals surface area contributed by atoms with E-state index in [1.165, 1.54) is 0 Å². The van der Waals surface area contributed by atoms with Gasteiger partial charge in [0.2, 0.25) is 5.95 Å². The van der Waals surface area contributed by atoms with Crippen LogP contribution in [0.25, 0.3) is 0 Å². The molecular formula is C19H23ClN4O2. The topological polar surface area (TPSA) is 81.3 Å². The highest BCUT2D eigenvalue weighted by Gasteiger charge is 2.27. The number of hydrogen-bond donors (Lipinski definition) is 1. The third kappa shape index (κ3) is 3.97. The van der Waals surface area contributed by atoms with Gasteiger partial charge in [0.25, 0.3) is 0 Å². The Hall–Kier alpha value is -2.18. The summed E-state index contributed by atoms with van der Waals surface area (Å²) in [4.78, 5) is 22.8. The van der Waals surface area contributed by atoms with Crippen molar-refractivity contribution in [3.05, 3.63) is 46.1 Å². The van der Waals surface area contributed by atoms with E-state index in [0.29, 0.717) is 30.2 Å². The van der Waals surface area contributed by atoms with Crippen molar-refractivity contribution in [1.82, 2.24) is 9.97 Å². The summed E-state index contributed by atoms with van der Waals surface area (Å²) >= 11 is 6.50. The number of hydrogen-bond acceptors (Lipinski definition) is 6. The van der Waals surface area contributed by atoms with Gasteiger partial charge in [-0.3, -0.25) is 4.79 Å². The molecule has 0 saturated carbocycles. The van der Waals surface area contributed by atoms with Crippen LogP contribution in [0.15, 0.2) is 24.3 Å². The number of nitrogen functional groups attached to an aromatic ring is 1. The van der Waals surface area contributed by atoms with E-state index in [1.54, 1.807) is 12.1 Å². The molecule has 1 aromatic heterocycles. The zero-order chi connectivity index (χ0) is 18.7. The quantitative estimate of drug-likeness (QED) is 0.824. The van der Waals surface area contributed by atoms with Gasteiger partial charge in [-0.2, -0.15) is 4.98 Å². The Kier molecular flexibility index (Phi) is 5.74. The van der Waals surface area contributed by atoms with Crippen molar-refractivity contribution in [2.24, 2.45) is 0 Å². The third-order valence-electron chi connectivity index (χ3n) is 4.49. The van der Waals surface area contributed by atoms with Crippen molar-refractivity contribution >= 4 is 29.2 Å². The summed E-state index contributed by atoms with van der Waals surface area (Å²) in [5.41, 5.74) is 8.18. The van der Waals surface area contributed by atoms with E-state index in [0.717, 1.165) is 30.0 Å². The minimum atomic E-state index is -0.150. The number of rotatable bonds is 4. The second-order valence-corrected chi connectivity index (χ2v) is 6.78. The van der Waals surface area contributed by atoms with Crippen LogP contribution in [0.3, 0.4) is 0 Å². The molecule has 0 unspecified atom stereocenters. The van der Waals surface area contributed by atoms with Gasteiger partial charge in [0, 0.05) is 41.9 Å². The summed E-state index contributed by atoms with van der Waals surface area (Å²) in [6.45, 7) is 5.62. The predicted octanol–water partition coefficient (Wildman–Crippen LogP) is 3.58. The number of anilines is 2. The lowest BCUT2D eigenvalue weighted by Crippen LogP contribution is -2.32. The zero-order valence-corrected chi connectivity index (χ0v) is 15.8. The van der Waals surface area contributed by atoms with Crippen LogP contribution in [-0.4, -0.2) is 35.5 Å². The van der Waals surface area contributed by atoms with Crippen LogP contribution in [0.5, 0.6) is 0 Å². The van der Waals surface area contributed by atoms with Crippen LogP contribution in [0.1, 0.15) is 47.4 Å². The molecule has 0 spiro atoms. The first-order chi connectivity index (χ1) is 12.5. The lowest BCUT2D eigenvalue weighted by atomic mass is 10.00. The monoisotopic (exact) mass is 374 g/mol. The minimum absolute atomic E-state index is 0.0890. The zero-order valence-electron chi connectivity index (χ0n) is 15.0. The Morgan fingerprint density at radius 1 is 1.38 bits per heavy atom. The maximum atomic E-state index is 12.1. The molecule has 1 aromatic carbocycles. The molecule has 6 nitrogen and oxygen atoms in total. The van der Waals surface area contributed by atoms with E-state index in [4.69, 9.17) is 22.1 Å². The van der Waals surface area contributed by atoms with Crippen molar-refractivity contribution in [2.75, 3.05) is 30.4 Å². The normalized spacial score (nSPS) is 17.8. The van der Waals surface area contributed by atoms with Gasteiger partial charge in [0.15, 0.2) is 5.78 Å². The summed E-state index contributed by atoms with van der Waals surface area (Å²) < 4.78 is 5.80. The molecule has 3 rings (SSSR count). The van der Waals surface area contributed by atoms with Gasteiger partial charge in [-0.1, -0.05) is 18.5 Å². The number of benzene rings is 1. The van der Waals surface area contributed by atoms with E-state index in [1.807, 2.05) is 26.0 Å². The molecule has 0 bridgehead atoms. The molecule has 2 heterocycles. The summed E-state index contributed by atoms with van der Waals surface area (Å²) in [5, 5.41) is 0.608. The number of carbonyl (C=O) groups excluding carboxylic acids is 1. The highest BCUT2D eigenvalue weighted by Crippen LogP contribution is 2.34. The van der Waals surface area contributed by atoms with Gasteiger partial charge < -0.3 is 15.4 Å². The molecule has 26 heavy (non-hydrogen) atoms. The third-order valence-corrected chi connectivity index (χ3v) is 4.83. The lowest BCUT2D eigenvalue weighted by molar-refractivity contribution is 0.0987. The van der Waals surface area contributed by atoms with Crippen LogP contribution >= 0.6 is 11.6 Å². The molecule has 0 amide bonds. The van der Waals surface area contributed by atoms with E-state index < -0.39 is 0 Å². The number of aryl methyl sites for hydroxylation is 1. The molecule has 0 aliphatic carbocycles. The standard InChI is InChI=1S/C19H23ClN4O2/c1-3-17(25)13-5-6-15(20)14(10-13)16-11-26-8-4-7-24(16)18-9-12(2)22-19(21)23-18/h5-6,9-10,16H,3-4,7-8,11H2,1-2H3,(H2,21,22,23)/t16-/m0/s1. The predicted molar refractivity (Wildman–Crippen MR) is 103 cm³/mol.